The van der Waals surface area contributed by atoms with Gasteiger partial charge in [-0.25, -0.2) is 18.2 Å². The predicted octanol–water partition coefficient (Wildman–Crippen LogP) is 3.10. The van der Waals surface area contributed by atoms with Crippen molar-refractivity contribution < 1.29 is 27.5 Å². The number of rotatable bonds is 7. The van der Waals surface area contributed by atoms with Crippen molar-refractivity contribution >= 4 is 59.9 Å². The summed E-state index contributed by atoms with van der Waals surface area (Å²) in [6.07, 6.45) is 1.29. The molecule has 2 fully saturated rings. The van der Waals surface area contributed by atoms with Crippen LogP contribution >= 0.6 is 22.7 Å². The largest absolute Gasteiger partial charge is 0.414 e. The van der Waals surface area contributed by atoms with E-state index in [1.807, 2.05) is 25.3 Å². The number of carbonyl (C=O) groups is 3. The highest BCUT2D eigenvalue weighted by atomic mass is 32.2. The third-order valence-electron chi connectivity index (χ3n) is 6.48. The molecule has 2 aliphatic rings. The Morgan fingerprint density at radius 3 is 2.76 bits per heavy atom. The number of aromatic nitrogens is 1. The number of ether oxygens (including phenoxy) is 1. The van der Waals surface area contributed by atoms with Crippen LogP contribution in [0, 0.1) is 5.92 Å². The number of Topliss-reactive ketones (excluding diaryl/α,β-unsaturated/α-hetero) is 1. The van der Waals surface area contributed by atoms with E-state index in [9.17, 15) is 22.8 Å². The lowest BCUT2D eigenvalue weighted by atomic mass is 10.0. The summed E-state index contributed by atoms with van der Waals surface area (Å²) in [5.41, 5.74) is 0. The van der Waals surface area contributed by atoms with E-state index in [2.05, 4.69) is 10.3 Å². The first-order valence-corrected chi connectivity index (χ1v) is 15.0. The maximum Gasteiger partial charge on any atom is 0.414 e. The van der Waals surface area contributed by atoms with Crippen molar-refractivity contribution in [2.45, 2.75) is 49.8 Å². The summed E-state index contributed by atoms with van der Waals surface area (Å²) in [6.45, 7) is 3.74. The molecule has 3 aromatic heterocycles. The van der Waals surface area contributed by atoms with Gasteiger partial charge in [0.2, 0.25) is 5.91 Å². The average molecular weight is 563 g/mol. The Balaban J connectivity index is 1.31. The molecule has 3 atom stereocenters. The van der Waals surface area contributed by atoms with Crippen molar-refractivity contribution in [1.82, 2.24) is 19.5 Å². The second-order valence-electron chi connectivity index (χ2n) is 9.45. The first kappa shape index (κ1) is 25.8. The number of amides is 2. The molecule has 3 unspecified atom stereocenters. The molecule has 3 aromatic rings. The fourth-order valence-corrected chi connectivity index (χ4v) is 8.42. The lowest BCUT2D eigenvalue weighted by molar-refractivity contribution is -0.138. The maximum absolute atomic E-state index is 13.6. The molecule has 0 saturated carbocycles. The standard InChI is InChI=1S/C24H26N4O6S3/c1-14(2)11-15(26-24(31)34-21-12-19-18(36-21)7-10-35-19)23(30)27-9-6-16-22(27)17(29)13-28(16)37(32,33)20-5-3-4-8-25-20/h3-5,7-8,10,12,14-16,22H,6,9,11,13H2,1-2H3,(H,26,31). The first-order valence-electron chi connectivity index (χ1n) is 11.9. The molecule has 0 spiro atoms. The molecule has 10 nitrogen and oxygen atoms in total. The van der Waals surface area contributed by atoms with Gasteiger partial charge in [0, 0.05) is 28.2 Å². The van der Waals surface area contributed by atoms with Crippen LogP contribution in [0.4, 0.5) is 4.79 Å². The molecular formula is C24H26N4O6S3. The minimum atomic E-state index is -4.00. The van der Waals surface area contributed by atoms with E-state index in [4.69, 9.17) is 4.74 Å². The highest BCUT2D eigenvalue weighted by Gasteiger charge is 2.54. The zero-order valence-electron chi connectivity index (χ0n) is 20.2. The molecule has 0 radical (unpaired) electrons. The van der Waals surface area contributed by atoms with E-state index in [1.54, 1.807) is 29.5 Å². The van der Waals surface area contributed by atoms with Gasteiger partial charge in [-0.15, -0.1) is 11.3 Å². The number of ketones is 1. The molecule has 2 amide bonds. The minimum Gasteiger partial charge on any atom is -0.399 e. The monoisotopic (exact) mass is 562 g/mol. The van der Waals surface area contributed by atoms with Crippen molar-refractivity contribution in [2.24, 2.45) is 5.92 Å². The van der Waals surface area contributed by atoms with Gasteiger partial charge in [0.05, 0.1) is 12.6 Å². The SMILES string of the molecule is CC(C)CC(NC(=O)Oc1cc2sccc2s1)C(=O)N1CCC2C1C(=O)CN2S(=O)(=O)c1ccccn1. The van der Waals surface area contributed by atoms with Crippen LogP contribution in [0.3, 0.4) is 0 Å². The van der Waals surface area contributed by atoms with E-state index in [0.717, 1.165) is 13.7 Å². The number of sulfonamides is 1. The minimum absolute atomic E-state index is 0.0695. The smallest absolute Gasteiger partial charge is 0.399 e. The van der Waals surface area contributed by atoms with E-state index < -0.39 is 40.1 Å². The van der Waals surface area contributed by atoms with E-state index >= 15 is 0 Å². The van der Waals surface area contributed by atoms with Crippen LogP contribution < -0.4 is 10.1 Å². The van der Waals surface area contributed by atoms with Crippen molar-refractivity contribution in [3.63, 3.8) is 0 Å². The molecule has 2 saturated heterocycles. The lowest BCUT2D eigenvalue weighted by Gasteiger charge is -2.28. The van der Waals surface area contributed by atoms with Gasteiger partial charge in [-0.1, -0.05) is 31.3 Å². The van der Waals surface area contributed by atoms with E-state index in [1.165, 1.54) is 28.5 Å². The fraction of sp³-hybridized carbons (Fsp3) is 0.417. The van der Waals surface area contributed by atoms with Crippen LogP contribution in [0.5, 0.6) is 5.06 Å². The molecule has 0 aromatic carbocycles. The Kier molecular flexibility index (Phi) is 7.05. The van der Waals surface area contributed by atoms with Crippen LogP contribution in [0.25, 0.3) is 9.40 Å². The molecule has 0 aliphatic carbocycles. The van der Waals surface area contributed by atoms with Crippen molar-refractivity contribution in [1.29, 1.82) is 0 Å². The van der Waals surface area contributed by atoms with Gasteiger partial charge < -0.3 is 15.0 Å². The molecule has 1 N–H and O–H groups in total. The van der Waals surface area contributed by atoms with E-state index in [0.29, 0.717) is 17.9 Å². The molecule has 0 bridgehead atoms. The van der Waals surface area contributed by atoms with Gasteiger partial charge in [0.15, 0.2) is 15.9 Å². The van der Waals surface area contributed by atoms with Crippen LogP contribution in [-0.4, -0.2) is 71.6 Å². The topological polar surface area (TPSA) is 126 Å². The lowest BCUT2D eigenvalue weighted by Crippen LogP contribution is -2.53. The quantitative estimate of drug-likeness (QED) is 0.469. The van der Waals surface area contributed by atoms with Crippen molar-refractivity contribution in [3.05, 3.63) is 41.9 Å². The number of hydrogen-bond acceptors (Lipinski definition) is 9. The van der Waals surface area contributed by atoms with Crippen LogP contribution in [-0.2, 0) is 19.6 Å². The Labute approximate surface area is 222 Å². The molecular weight excluding hydrogens is 536 g/mol. The van der Waals surface area contributed by atoms with Crippen molar-refractivity contribution in [3.8, 4) is 5.06 Å². The van der Waals surface area contributed by atoms with Crippen molar-refractivity contribution in [2.75, 3.05) is 13.1 Å². The fourth-order valence-electron chi connectivity index (χ4n) is 4.91. The van der Waals surface area contributed by atoms with Crippen LogP contribution in [0.1, 0.15) is 26.7 Å². The van der Waals surface area contributed by atoms with Crippen LogP contribution in [0.2, 0.25) is 0 Å². The van der Waals surface area contributed by atoms with E-state index in [-0.39, 0.29) is 29.8 Å². The van der Waals surface area contributed by atoms with Gasteiger partial charge in [-0.3, -0.25) is 9.59 Å². The third kappa shape index (κ3) is 5.00. The number of nitrogens with zero attached hydrogens (tertiary/aromatic N) is 3. The Morgan fingerprint density at radius 2 is 2.05 bits per heavy atom. The molecule has 5 heterocycles. The molecule has 2 aliphatic heterocycles. The molecule has 13 heteroatoms. The number of hydrogen-bond donors (Lipinski definition) is 1. The zero-order valence-corrected chi connectivity index (χ0v) is 22.6. The normalized spacial score (nSPS) is 20.9. The van der Waals surface area contributed by atoms with Gasteiger partial charge >= 0.3 is 6.09 Å². The number of likely N-dealkylation sites (tertiary alicyclic amines) is 1. The second-order valence-corrected chi connectivity index (χ2v) is 13.3. The number of pyridine rings is 1. The Hall–Kier alpha value is -2.87. The second kappa shape index (κ2) is 10.1. The predicted molar refractivity (Wildman–Crippen MR) is 139 cm³/mol. The summed E-state index contributed by atoms with van der Waals surface area (Å²) in [6, 6.07) is 5.80. The summed E-state index contributed by atoms with van der Waals surface area (Å²) in [4.78, 5) is 44.7. The van der Waals surface area contributed by atoms with Crippen LogP contribution in [0.15, 0.2) is 46.9 Å². The highest BCUT2D eigenvalue weighted by Crippen LogP contribution is 2.36. The van der Waals surface area contributed by atoms with Gasteiger partial charge in [0.25, 0.3) is 10.0 Å². The number of nitrogens with one attached hydrogen (secondary N) is 1. The molecule has 196 valence electrons. The summed E-state index contributed by atoms with van der Waals surface area (Å²) in [5.74, 6) is -0.698. The summed E-state index contributed by atoms with van der Waals surface area (Å²) < 4.78 is 35.0. The summed E-state index contributed by atoms with van der Waals surface area (Å²) in [7, 11) is -4.00. The number of carbonyl (C=O) groups excluding carboxylic acids is 3. The van der Waals surface area contributed by atoms with Gasteiger partial charge in [0.1, 0.15) is 12.1 Å². The molecule has 5 rings (SSSR count). The molecule has 37 heavy (non-hydrogen) atoms. The summed E-state index contributed by atoms with van der Waals surface area (Å²) in [5, 5.41) is 4.93. The maximum atomic E-state index is 13.6. The summed E-state index contributed by atoms with van der Waals surface area (Å²) >= 11 is 2.88. The number of thiophene rings is 2. The number of fused-ring (bicyclic) bond motifs is 2. The first-order chi connectivity index (χ1) is 17.6. The average Bonchev–Trinajstić information content (AvgIpc) is 3.61. The highest BCUT2D eigenvalue weighted by molar-refractivity contribution is 7.89. The Morgan fingerprint density at radius 1 is 1.24 bits per heavy atom. The van der Waals surface area contributed by atoms with Gasteiger partial charge in [-0.2, -0.15) is 4.31 Å². The third-order valence-corrected chi connectivity index (χ3v) is 10.2. The Bertz CT molecular complexity index is 1410. The zero-order chi connectivity index (χ0) is 26.3. The van der Waals surface area contributed by atoms with Gasteiger partial charge in [-0.05, 0) is 42.3 Å².